The summed E-state index contributed by atoms with van der Waals surface area (Å²) in [5, 5.41) is 10.3. The Morgan fingerprint density at radius 2 is 2.35 bits per heavy atom. The Hall–Kier alpha value is -1.47. The average molecular weight is 281 g/mol. The molecule has 112 valence electrons. The van der Waals surface area contributed by atoms with Crippen molar-refractivity contribution in [2.45, 2.75) is 31.8 Å². The standard InChI is InChI=1S/C13H23N5O2/c1-18-10-16-12(17-18)4-8-15-13(19)5-9-20-11-2-6-14-7-3-11/h10-11,14H,2-9H2,1H3,(H,15,19). The van der Waals surface area contributed by atoms with Crippen molar-refractivity contribution in [2.75, 3.05) is 26.2 Å². The van der Waals surface area contributed by atoms with Gasteiger partial charge in [-0.15, -0.1) is 0 Å². The fourth-order valence-corrected chi connectivity index (χ4v) is 2.18. The number of amides is 1. The zero-order valence-electron chi connectivity index (χ0n) is 12.0. The van der Waals surface area contributed by atoms with E-state index in [9.17, 15) is 4.79 Å². The van der Waals surface area contributed by atoms with E-state index in [2.05, 4.69) is 20.7 Å². The highest BCUT2D eigenvalue weighted by molar-refractivity contribution is 5.75. The van der Waals surface area contributed by atoms with Crippen molar-refractivity contribution in [3.8, 4) is 0 Å². The second kappa shape index (κ2) is 7.96. The van der Waals surface area contributed by atoms with Crippen LogP contribution in [0.15, 0.2) is 6.33 Å². The van der Waals surface area contributed by atoms with Gasteiger partial charge in [0.05, 0.1) is 12.7 Å². The molecular weight excluding hydrogens is 258 g/mol. The van der Waals surface area contributed by atoms with E-state index in [1.807, 2.05) is 7.05 Å². The molecule has 1 saturated heterocycles. The van der Waals surface area contributed by atoms with E-state index in [0.29, 0.717) is 32.1 Å². The number of aromatic nitrogens is 3. The van der Waals surface area contributed by atoms with Crippen LogP contribution in [0.3, 0.4) is 0 Å². The van der Waals surface area contributed by atoms with Gasteiger partial charge in [0.1, 0.15) is 6.33 Å². The van der Waals surface area contributed by atoms with Crippen LogP contribution >= 0.6 is 0 Å². The Bertz CT molecular complexity index is 415. The molecular formula is C13H23N5O2. The largest absolute Gasteiger partial charge is 0.378 e. The molecule has 0 aromatic carbocycles. The van der Waals surface area contributed by atoms with Crippen molar-refractivity contribution in [3.63, 3.8) is 0 Å². The van der Waals surface area contributed by atoms with E-state index in [0.717, 1.165) is 31.8 Å². The summed E-state index contributed by atoms with van der Waals surface area (Å²) in [7, 11) is 1.83. The Morgan fingerprint density at radius 3 is 3.05 bits per heavy atom. The summed E-state index contributed by atoms with van der Waals surface area (Å²) in [5.74, 6) is 0.772. The van der Waals surface area contributed by atoms with Gasteiger partial charge in [-0.05, 0) is 25.9 Å². The number of rotatable bonds is 7. The van der Waals surface area contributed by atoms with Crippen molar-refractivity contribution in [2.24, 2.45) is 7.05 Å². The SMILES string of the molecule is Cn1cnc(CCNC(=O)CCOC2CCNCC2)n1. The smallest absolute Gasteiger partial charge is 0.222 e. The molecule has 1 aliphatic rings. The average Bonchev–Trinajstić information content (AvgIpc) is 2.86. The lowest BCUT2D eigenvalue weighted by molar-refractivity contribution is -0.122. The van der Waals surface area contributed by atoms with E-state index >= 15 is 0 Å². The summed E-state index contributed by atoms with van der Waals surface area (Å²) in [6.07, 6.45) is 5.10. The van der Waals surface area contributed by atoms with Gasteiger partial charge in [0.15, 0.2) is 5.82 Å². The molecule has 1 aromatic rings. The zero-order chi connectivity index (χ0) is 14.2. The van der Waals surface area contributed by atoms with Crippen LogP contribution in [0.25, 0.3) is 0 Å². The summed E-state index contributed by atoms with van der Waals surface area (Å²) in [6, 6.07) is 0. The van der Waals surface area contributed by atoms with E-state index in [-0.39, 0.29) is 5.91 Å². The van der Waals surface area contributed by atoms with Crippen LogP contribution in [0.5, 0.6) is 0 Å². The van der Waals surface area contributed by atoms with Gasteiger partial charge < -0.3 is 15.4 Å². The summed E-state index contributed by atoms with van der Waals surface area (Å²) >= 11 is 0. The molecule has 2 N–H and O–H groups in total. The topological polar surface area (TPSA) is 81.1 Å². The van der Waals surface area contributed by atoms with Gasteiger partial charge in [0, 0.05) is 26.4 Å². The molecule has 7 heteroatoms. The fraction of sp³-hybridized carbons (Fsp3) is 0.769. The van der Waals surface area contributed by atoms with Crippen LogP contribution < -0.4 is 10.6 Å². The van der Waals surface area contributed by atoms with Gasteiger partial charge in [0.25, 0.3) is 0 Å². The third kappa shape index (κ3) is 5.26. The van der Waals surface area contributed by atoms with Crippen molar-refractivity contribution < 1.29 is 9.53 Å². The van der Waals surface area contributed by atoms with Crippen LogP contribution in [0, 0.1) is 0 Å². The minimum atomic E-state index is 0.0230. The van der Waals surface area contributed by atoms with E-state index in [1.165, 1.54) is 0 Å². The zero-order valence-corrected chi connectivity index (χ0v) is 12.0. The maximum Gasteiger partial charge on any atom is 0.222 e. The molecule has 7 nitrogen and oxygen atoms in total. The lowest BCUT2D eigenvalue weighted by atomic mass is 10.1. The number of carbonyl (C=O) groups excluding carboxylic acids is 1. The van der Waals surface area contributed by atoms with Gasteiger partial charge in [-0.25, -0.2) is 4.98 Å². The predicted molar refractivity (Wildman–Crippen MR) is 74.2 cm³/mol. The van der Waals surface area contributed by atoms with Gasteiger partial charge >= 0.3 is 0 Å². The van der Waals surface area contributed by atoms with Gasteiger partial charge in [-0.2, -0.15) is 5.10 Å². The number of ether oxygens (including phenoxy) is 1. The summed E-state index contributed by atoms with van der Waals surface area (Å²) in [6.45, 7) is 3.08. The first-order valence-electron chi connectivity index (χ1n) is 7.17. The molecule has 2 rings (SSSR count). The van der Waals surface area contributed by atoms with E-state index in [1.54, 1.807) is 11.0 Å². The van der Waals surface area contributed by atoms with Crippen molar-refractivity contribution in [1.29, 1.82) is 0 Å². The third-order valence-electron chi connectivity index (χ3n) is 3.29. The molecule has 2 heterocycles. The summed E-state index contributed by atoms with van der Waals surface area (Å²) < 4.78 is 7.35. The Kier molecular flexibility index (Phi) is 5.94. The molecule has 0 radical (unpaired) electrons. The number of hydrogen-bond donors (Lipinski definition) is 2. The maximum atomic E-state index is 11.6. The molecule has 0 bridgehead atoms. The maximum absolute atomic E-state index is 11.6. The van der Waals surface area contributed by atoms with Crippen LogP contribution in [-0.4, -0.2) is 53.0 Å². The minimum Gasteiger partial charge on any atom is -0.378 e. The van der Waals surface area contributed by atoms with Gasteiger partial charge in [-0.3, -0.25) is 9.48 Å². The minimum absolute atomic E-state index is 0.0230. The van der Waals surface area contributed by atoms with Crippen LogP contribution in [-0.2, 0) is 23.0 Å². The molecule has 1 fully saturated rings. The Balaban J connectivity index is 1.51. The first-order chi connectivity index (χ1) is 9.74. The van der Waals surface area contributed by atoms with Crippen LogP contribution in [0.4, 0.5) is 0 Å². The number of nitrogens with one attached hydrogen (secondary N) is 2. The first-order valence-corrected chi connectivity index (χ1v) is 7.17. The molecule has 0 spiro atoms. The van der Waals surface area contributed by atoms with Crippen molar-refractivity contribution in [3.05, 3.63) is 12.2 Å². The van der Waals surface area contributed by atoms with Crippen LogP contribution in [0.2, 0.25) is 0 Å². The third-order valence-corrected chi connectivity index (χ3v) is 3.29. The van der Waals surface area contributed by atoms with Crippen molar-refractivity contribution in [1.82, 2.24) is 25.4 Å². The molecule has 0 saturated carbocycles. The van der Waals surface area contributed by atoms with E-state index in [4.69, 9.17) is 4.74 Å². The summed E-state index contributed by atoms with van der Waals surface area (Å²) in [4.78, 5) is 15.7. The van der Waals surface area contributed by atoms with Crippen molar-refractivity contribution >= 4 is 5.91 Å². The molecule has 1 aromatic heterocycles. The van der Waals surface area contributed by atoms with Gasteiger partial charge in [-0.1, -0.05) is 0 Å². The Labute approximate surface area is 119 Å². The first kappa shape index (κ1) is 14.9. The second-order valence-electron chi connectivity index (χ2n) is 5.00. The highest BCUT2D eigenvalue weighted by Crippen LogP contribution is 2.07. The second-order valence-corrected chi connectivity index (χ2v) is 5.00. The number of nitrogens with zero attached hydrogens (tertiary/aromatic N) is 3. The molecule has 0 atom stereocenters. The fourth-order valence-electron chi connectivity index (χ4n) is 2.18. The molecule has 1 amide bonds. The van der Waals surface area contributed by atoms with Crippen LogP contribution in [0.1, 0.15) is 25.1 Å². The van der Waals surface area contributed by atoms with E-state index < -0.39 is 0 Å². The molecule has 20 heavy (non-hydrogen) atoms. The number of aryl methyl sites for hydroxylation is 1. The summed E-state index contributed by atoms with van der Waals surface area (Å²) in [5.41, 5.74) is 0. The normalized spacial score (nSPS) is 16.2. The lowest BCUT2D eigenvalue weighted by Gasteiger charge is -2.22. The predicted octanol–water partition coefficient (Wildman–Crippen LogP) is -0.367. The quantitative estimate of drug-likeness (QED) is 0.713. The molecule has 0 unspecified atom stereocenters. The number of piperidine rings is 1. The molecule has 1 aliphatic heterocycles. The highest BCUT2D eigenvalue weighted by Gasteiger charge is 2.13. The number of carbonyl (C=O) groups is 1. The monoisotopic (exact) mass is 281 g/mol. The lowest BCUT2D eigenvalue weighted by Crippen LogP contribution is -2.33. The van der Waals surface area contributed by atoms with Gasteiger partial charge in [0.2, 0.25) is 5.91 Å². The number of hydrogen-bond acceptors (Lipinski definition) is 5. The molecule has 0 aliphatic carbocycles. The highest BCUT2D eigenvalue weighted by atomic mass is 16.5. The Morgan fingerprint density at radius 1 is 1.55 bits per heavy atom.